The fourth-order valence-corrected chi connectivity index (χ4v) is 2.23. The van der Waals surface area contributed by atoms with E-state index in [0.29, 0.717) is 0 Å². The second-order valence-electron chi connectivity index (χ2n) is 5.50. The highest BCUT2D eigenvalue weighted by Gasteiger charge is 1.95. The van der Waals surface area contributed by atoms with E-state index in [2.05, 4.69) is 17.6 Å². The van der Waals surface area contributed by atoms with Crippen molar-refractivity contribution in [2.24, 2.45) is 0 Å². The van der Waals surface area contributed by atoms with Gasteiger partial charge in [-0.3, -0.25) is 4.79 Å². The van der Waals surface area contributed by atoms with Gasteiger partial charge in [-0.05, 0) is 13.0 Å². The number of nitrogens with one attached hydrogen (secondary N) is 2. The molecule has 20 heavy (non-hydrogen) atoms. The fourth-order valence-electron chi connectivity index (χ4n) is 2.23. The van der Waals surface area contributed by atoms with E-state index in [9.17, 15) is 4.79 Å². The summed E-state index contributed by atoms with van der Waals surface area (Å²) in [5.74, 6) is -0.792. The summed E-state index contributed by atoms with van der Waals surface area (Å²) in [4.78, 5) is 10.3. The van der Waals surface area contributed by atoms with Gasteiger partial charge < -0.3 is 15.7 Å². The van der Waals surface area contributed by atoms with Crippen LogP contribution in [0, 0.1) is 0 Å². The molecule has 0 unspecified atom stereocenters. The van der Waals surface area contributed by atoms with E-state index in [-0.39, 0.29) is 6.54 Å². The van der Waals surface area contributed by atoms with Crippen molar-refractivity contribution in [3.8, 4) is 0 Å². The van der Waals surface area contributed by atoms with Gasteiger partial charge in [0.25, 0.3) is 0 Å². The Morgan fingerprint density at radius 2 is 1.25 bits per heavy atom. The van der Waals surface area contributed by atoms with E-state index in [1.54, 1.807) is 0 Å². The maximum absolute atomic E-state index is 10.3. The van der Waals surface area contributed by atoms with Crippen molar-refractivity contribution in [2.45, 2.75) is 71.1 Å². The minimum atomic E-state index is -0.792. The number of hydrogen-bond donors (Lipinski definition) is 3. The third-order valence-electron chi connectivity index (χ3n) is 3.46. The molecule has 0 aliphatic rings. The molecule has 0 radical (unpaired) electrons. The van der Waals surface area contributed by atoms with Crippen LogP contribution in [-0.2, 0) is 4.79 Å². The average molecular weight is 286 g/mol. The molecule has 0 atom stereocenters. The molecule has 0 saturated heterocycles. The smallest absolute Gasteiger partial charge is 0.317 e. The van der Waals surface area contributed by atoms with Crippen LogP contribution in [0.1, 0.15) is 71.1 Å². The molecule has 0 aromatic carbocycles. The predicted molar refractivity (Wildman–Crippen MR) is 85.2 cm³/mol. The van der Waals surface area contributed by atoms with Gasteiger partial charge in [-0.2, -0.15) is 0 Å². The molecule has 120 valence electrons. The summed E-state index contributed by atoms with van der Waals surface area (Å²) in [6.45, 7) is 4.94. The SMILES string of the molecule is CCCCCCCCCCCCNCCNCC(=O)O. The lowest BCUT2D eigenvalue weighted by atomic mass is 10.1. The van der Waals surface area contributed by atoms with Gasteiger partial charge >= 0.3 is 5.97 Å². The third-order valence-corrected chi connectivity index (χ3v) is 3.46. The molecule has 0 rings (SSSR count). The van der Waals surface area contributed by atoms with E-state index in [4.69, 9.17) is 5.11 Å². The topological polar surface area (TPSA) is 61.4 Å². The molecule has 4 nitrogen and oxygen atoms in total. The second-order valence-corrected chi connectivity index (χ2v) is 5.50. The van der Waals surface area contributed by atoms with Crippen LogP contribution in [0.5, 0.6) is 0 Å². The number of carboxylic acids is 1. The normalized spacial score (nSPS) is 10.8. The molecule has 3 N–H and O–H groups in total. The van der Waals surface area contributed by atoms with Crippen LogP contribution in [0.3, 0.4) is 0 Å². The van der Waals surface area contributed by atoms with Crippen molar-refractivity contribution in [1.82, 2.24) is 10.6 Å². The molecule has 4 heteroatoms. The largest absolute Gasteiger partial charge is 0.480 e. The molecular formula is C16H34N2O2. The summed E-state index contributed by atoms with van der Waals surface area (Å²) >= 11 is 0. The summed E-state index contributed by atoms with van der Waals surface area (Å²) in [5, 5.41) is 14.6. The Bertz CT molecular complexity index is 211. The minimum absolute atomic E-state index is 0.0555. The zero-order valence-electron chi connectivity index (χ0n) is 13.3. The molecule has 0 aromatic heterocycles. The number of aliphatic carboxylic acids is 1. The van der Waals surface area contributed by atoms with E-state index < -0.39 is 5.97 Å². The molecule has 0 spiro atoms. The zero-order valence-corrected chi connectivity index (χ0v) is 13.3. The minimum Gasteiger partial charge on any atom is -0.480 e. The molecule has 0 bridgehead atoms. The van der Waals surface area contributed by atoms with Gasteiger partial charge in [0.15, 0.2) is 0 Å². The molecule has 0 heterocycles. The fraction of sp³-hybridized carbons (Fsp3) is 0.938. The number of carbonyl (C=O) groups is 1. The number of unbranched alkanes of at least 4 members (excludes halogenated alkanes) is 9. The first-order valence-corrected chi connectivity index (χ1v) is 8.40. The summed E-state index contributed by atoms with van der Waals surface area (Å²) in [6.07, 6.45) is 13.6. The van der Waals surface area contributed by atoms with Crippen molar-refractivity contribution < 1.29 is 9.90 Å². The summed E-state index contributed by atoms with van der Waals surface area (Å²) in [7, 11) is 0. The molecule has 0 aliphatic carbocycles. The maximum atomic E-state index is 10.3. The van der Waals surface area contributed by atoms with E-state index in [1.165, 1.54) is 64.2 Å². The van der Waals surface area contributed by atoms with Crippen LogP contribution in [0.25, 0.3) is 0 Å². The van der Waals surface area contributed by atoms with Gasteiger partial charge in [0.1, 0.15) is 0 Å². The van der Waals surface area contributed by atoms with Crippen molar-refractivity contribution in [1.29, 1.82) is 0 Å². The van der Waals surface area contributed by atoms with Crippen molar-refractivity contribution in [2.75, 3.05) is 26.2 Å². The van der Waals surface area contributed by atoms with E-state index in [1.807, 2.05) is 0 Å². The van der Waals surface area contributed by atoms with Gasteiger partial charge in [-0.15, -0.1) is 0 Å². The van der Waals surface area contributed by atoms with Crippen molar-refractivity contribution >= 4 is 5.97 Å². The van der Waals surface area contributed by atoms with E-state index in [0.717, 1.165) is 19.6 Å². The van der Waals surface area contributed by atoms with E-state index >= 15 is 0 Å². The summed E-state index contributed by atoms with van der Waals surface area (Å²) in [6, 6.07) is 0. The number of hydrogen-bond acceptors (Lipinski definition) is 3. The standard InChI is InChI=1S/C16H34N2O2/c1-2-3-4-5-6-7-8-9-10-11-12-17-13-14-18-15-16(19)20/h17-18H,2-15H2,1H3,(H,19,20). The highest BCUT2D eigenvalue weighted by Crippen LogP contribution is 2.10. The van der Waals surface area contributed by atoms with Gasteiger partial charge in [-0.1, -0.05) is 64.7 Å². The Labute approximate surface area is 124 Å². The Balaban J connectivity index is 2.94. The summed E-state index contributed by atoms with van der Waals surface area (Å²) < 4.78 is 0. The molecule has 0 aliphatic heterocycles. The van der Waals surface area contributed by atoms with Gasteiger partial charge in [0.2, 0.25) is 0 Å². The third kappa shape index (κ3) is 17.4. The Morgan fingerprint density at radius 1 is 0.750 bits per heavy atom. The lowest BCUT2D eigenvalue weighted by Gasteiger charge is -2.05. The van der Waals surface area contributed by atoms with Crippen LogP contribution in [0.4, 0.5) is 0 Å². The molecule has 0 saturated carbocycles. The van der Waals surface area contributed by atoms with Crippen LogP contribution >= 0.6 is 0 Å². The van der Waals surface area contributed by atoms with Gasteiger partial charge in [-0.25, -0.2) is 0 Å². The summed E-state index contributed by atoms with van der Waals surface area (Å²) in [5.41, 5.74) is 0. The Hall–Kier alpha value is -0.610. The molecule has 0 aromatic rings. The quantitative estimate of drug-likeness (QED) is 0.381. The highest BCUT2D eigenvalue weighted by molar-refractivity contribution is 5.68. The van der Waals surface area contributed by atoms with Gasteiger partial charge in [0.05, 0.1) is 6.54 Å². The number of carboxylic acid groups (broad SMARTS) is 1. The lowest BCUT2D eigenvalue weighted by Crippen LogP contribution is -2.31. The first-order valence-electron chi connectivity index (χ1n) is 8.40. The average Bonchev–Trinajstić information content (AvgIpc) is 2.43. The first kappa shape index (κ1) is 19.4. The zero-order chi connectivity index (χ0) is 14.9. The second kappa shape index (κ2) is 16.4. The van der Waals surface area contributed by atoms with Crippen LogP contribution < -0.4 is 10.6 Å². The van der Waals surface area contributed by atoms with Crippen LogP contribution in [-0.4, -0.2) is 37.3 Å². The molecular weight excluding hydrogens is 252 g/mol. The number of rotatable bonds is 16. The first-order chi connectivity index (χ1) is 9.77. The highest BCUT2D eigenvalue weighted by atomic mass is 16.4. The van der Waals surface area contributed by atoms with Crippen LogP contribution in [0.2, 0.25) is 0 Å². The maximum Gasteiger partial charge on any atom is 0.317 e. The lowest BCUT2D eigenvalue weighted by molar-refractivity contribution is -0.135. The Morgan fingerprint density at radius 3 is 1.80 bits per heavy atom. The van der Waals surface area contributed by atoms with Crippen LogP contribution in [0.15, 0.2) is 0 Å². The van der Waals surface area contributed by atoms with Gasteiger partial charge in [0, 0.05) is 13.1 Å². The molecule has 0 fully saturated rings. The molecule has 0 amide bonds. The van der Waals surface area contributed by atoms with Crippen molar-refractivity contribution in [3.63, 3.8) is 0 Å². The Kier molecular flexibility index (Phi) is 15.9. The van der Waals surface area contributed by atoms with Crippen molar-refractivity contribution in [3.05, 3.63) is 0 Å². The predicted octanol–water partition coefficient (Wildman–Crippen LogP) is 3.17. The monoisotopic (exact) mass is 286 g/mol.